The maximum atomic E-state index is 5.66. The Morgan fingerprint density at radius 3 is 3.05 bits per heavy atom. The predicted octanol–water partition coefficient (Wildman–Crippen LogP) is 1.90. The van der Waals surface area contributed by atoms with Gasteiger partial charge in [0.1, 0.15) is 10.7 Å². The van der Waals surface area contributed by atoms with Crippen LogP contribution in [0.2, 0.25) is 0 Å². The SMILES string of the molecule is NC(=S)c1cccc(OCCCOC2CCOC2)c1. The highest BCUT2D eigenvalue weighted by Gasteiger charge is 2.15. The second-order valence-corrected chi connectivity index (χ2v) is 4.89. The molecule has 1 unspecified atom stereocenters. The second-order valence-electron chi connectivity index (χ2n) is 4.45. The monoisotopic (exact) mass is 281 g/mol. The molecule has 0 amide bonds. The van der Waals surface area contributed by atoms with Crippen LogP contribution in [-0.2, 0) is 9.47 Å². The maximum Gasteiger partial charge on any atom is 0.119 e. The summed E-state index contributed by atoms with van der Waals surface area (Å²) in [6, 6.07) is 7.51. The van der Waals surface area contributed by atoms with Gasteiger partial charge in [0.25, 0.3) is 0 Å². The molecule has 1 saturated heterocycles. The summed E-state index contributed by atoms with van der Waals surface area (Å²) in [5.41, 5.74) is 6.40. The summed E-state index contributed by atoms with van der Waals surface area (Å²) in [6.45, 7) is 2.85. The van der Waals surface area contributed by atoms with E-state index in [9.17, 15) is 0 Å². The summed E-state index contributed by atoms with van der Waals surface area (Å²) in [5, 5.41) is 0. The van der Waals surface area contributed by atoms with Gasteiger partial charge in [0.05, 0.1) is 25.9 Å². The predicted molar refractivity (Wildman–Crippen MR) is 77.6 cm³/mol. The van der Waals surface area contributed by atoms with E-state index in [0.717, 1.165) is 37.4 Å². The Balaban J connectivity index is 1.64. The molecular formula is C14H19NO3S. The molecular weight excluding hydrogens is 262 g/mol. The molecule has 19 heavy (non-hydrogen) atoms. The van der Waals surface area contributed by atoms with Crippen LogP contribution in [0.5, 0.6) is 5.75 Å². The topological polar surface area (TPSA) is 53.7 Å². The first-order chi connectivity index (χ1) is 9.25. The van der Waals surface area contributed by atoms with Gasteiger partial charge in [-0.1, -0.05) is 24.4 Å². The van der Waals surface area contributed by atoms with Crippen molar-refractivity contribution in [2.75, 3.05) is 26.4 Å². The van der Waals surface area contributed by atoms with Crippen molar-refractivity contribution < 1.29 is 14.2 Å². The Kier molecular flexibility index (Phi) is 5.57. The second kappa shape index (κ2) is 7.43. The molecule has 1 aliphatic heterocycles. The number of hydrogen-bond donors (Lipinski definition) is 1. The number of rotatable bonds is 7. The minimum atomic E-state index is 0.262. The number of thiocarbonyl (C=S) groups is 1. The first kappa shape index (κ1) is 14.2. The van der Waals surface area contributed by atoms with Crippen LogP contribution in [0.4, 0.5) is 0 Å². The summed E-state index contributed by atoms with van der Waals surface area (Å²) >= 11 is 4.93. The van der Waals surface area contributed by atoms with E-state index in [0.29, 0.717) is 18.2 Å². The quantitative estimate of drug-likeness (QED) is 0.611. The fraction of sp³-hybridized carbons (Fsp3) is 0.500. The maximum absolute atomic E-state index is 5.66. The first-order valence-electron chi connectivity index (χ1n) is 6.48. The van der Waals surface area contributed by atoms with Crippen molar-refractivity contribution in [3.63, 3.8) is 0 Å². The van der Waals surface area contributed by atoms with E-state index in [1.54, 1.807) is 0 Å². The van der Waals surface area contributed by atoms with Crippen LogP contribution in [0.3, 0.4) is 0 Å². The highest BCUT2D eigenvalue weighted by atomic mass is 32.1. The average molecular weight is 281 g/mol. The lowest BCUT2D eigenvalue weighted by atomic mass is 10.2. The van der Waals surface area contributed by atoms with E-state index in [-0.39, 0.29) is 6.10 Å². The van der Waals surface area contributed by atoms with Crippen molar-refractivity contribution in [1.82, 2.24) is 0 Å². The standard InChI is InChI=1S/C14H19NO3S/c15-14(19)11-3-1-4-12(9-11)17-6-2-7-18-13-5-8-16-10-13/h1,3-4,9,13H,2,5-8,10H2,(H2,15,19). The molecule has 2 N–H and O–H groups in total. The fourth-order valence-electron chi connectivity index (χ4n) is 1.88. The Labute approximate surface area is 118 Å². The highest BCUT2D eigenvalue weighted by molar-refractivity contribution is 7.80. The molecule has 1 heterocycles. The lowest BCUT2D eigenvalue weighted by Crippen LogP contribution is -2.14. The van der Waals surface area contributed by atoms with Gasteiger partial charge in [0.2, 0.25) is 0 Å². The zero-order valence-electron chi connectivity index (χ0n) is 10.8. The van der Waals surface area contributed by atoms with Gasteiger partial charge in [-0.2, -0.15) is 0 Å². The minimum absolute atomic E-state index is 0.262. The molecule has 1 aromatic rings. The molecule has 1 aliphatic rings. The normalized spacial score (nSPS) is 18.4. The lowest BCUT2D eigenvalue weighted by Gasteiger charge is -2.10. The summed E-state index contributed by atoms with van der Waals surface area (Å²) in [7, 11) is 0. The Morgan fingerprint density at radius 1 is 1.42 bits per heavy atom. The van der Waals surface area contributed by atoms with Gasteiger partial charge in [0.15, 0.2) is 0 Å². The molecule has 1 atom stereocenters. The van der Waals surface area contributed by atoms with Crippen molar-refractivity contribution in [1.29, 1.82) is 0 Å². The molecule has 2 rings (SSSR count). The van der Waals surface area contributed by atoms with Crippen LogP contribution < -0.4 is 10.5 Å². The first-order valence-corrected chi connectivity index (χ1v) is 6.88. The van der Waals surface area contributed by atoms with Gasteiger partial charge in [-0.05, 0) is 18.6 Å². The summed E-state index contributed by atoms with van der Waals surface area (Å²) in [6.07, 6.45) is 2.11. The number of ether oxygens (including phenoxy) is 3. The molecule has 0 spiro atoms. The highest BCUT2D eigenvalue weighted by Crippen LogP contribution is 2.14. The van der Waals surface area contributed by atoms with Crippen molar-refractivity contribution in [2.45, 2.75) is 18.9 Å². The fourth-order valence-corrected chi connectivity index (χ4v) is 2.01. The van der Waals surface area contributed by atoms with Crippen LogP contribution in [-0.4, -0.2) is 37.5 Å². The third kappa shape index (κ3) is 4.78. The number of hydrogen-bond acceptors (Lipinski definition) is 4. The number of nitrogens with two attached hydrogens (primary N) is 1. The van der Waals surface area contributed by atoms with E-state index in [1.807, 2.05) is 24.3 Å². The van der Waals surface area contributed by atoms with Crippen LogP contribution in [0.1, 0.15) is 18.4 Å². The van der Waals surface area contributed by atoms with Crippen molar-refractivity contribution in [3.8, 4) is 5.75 Å². The average Bonchev–Trinajstić information content (AvgIpc) is 2.92. The lowest BCUT2D eigenvalue weighted by molar-refractivity contribution is 0.0366. The molecule has 0 aliphatic carbocycles. The van der Waals surface area contributed by atoms with Gasteiger partial charge in [0, 0.05) is 18.6 Å². The van der Waals surface area contributed by atoms with Crippen molar-refractivity contribution >= 4 is 17.2 Å². The van der Waals surface area contributed by atoms with Gasteiger partial charge in [-0.3, -0.25) is 0 Å². The Morgan fingerprint density at radius 2 is 2.32 bits per heavy atom. The summed E-state index contributed by atoms with van der Waals surface area (Å²) in [4.78, 5) is 0.384. The van der Waals surface area contributed by atoms with Crippen molar-refractivity contribution in [3.05, 3.63) is 29.8 Å². The van der Waals surface area contributed by atoms with E-state index in [4.69, 9.17) is 32.2 Å². The third-order valence-corrected chi connectivity index (χ3v) is 3.15. The van der Waals surface area contributed by atoms with Crippen LogP contribution in [0, 0.1) is 0 Å². The molecule has 1 fully saturated rings. The van der Waals surface area contributed by atoms with E-state index in [2.05, 4.69) is 0 Å². The van der Waals surface area contributed by atoms with Gasteiger partial charge < -0.3 is 19.9 Å². The summed E-state index contributed by atoms with van der Waals surface area (Å²) < 4.78 is 16.5. The molecule has 4 nitrogen and oxygen atoms in total. The van der Waals surface area contributed by atoms with Crippen molar-refractivity contribution in [2.24, 2.45) is 5.73 Å². The molecule has 0 saturated carbocycles. The smallest absolute Gasteiger partial charge is 0.119 e. The molecule has 5 heteroatoms. The zero-order chi connectivity index (χ0) is 13.5. The van der Waals surface area contributed by atoms with Crippen LogP contribution in [0.15, 0.2) is 24.3 Å². The third-order valence-electron chi connectivity index (χ3n) is 2.92. The number of benzene rings is 1. The molecule has 0 bridgehead atoms. The van der Waals surface area contributed by atoms with Gasteiger partial charge >= 0.3 is 0 Å². The van der Waals surface area contributed by atoms with Gasteiger partial charge in [-0.25, -0.2) is 0 Å². The van der Waals surface area contributed by atoms with Crippen LogP contribution in [0.25, 0.3) is 0 Å². The van der Waals surface area contributed by atoms with E-state index < -0.39 is 0 Å². The molecule has 1 aromatic carbocycles. The van der Waals surface area contributed by atoms with Gasteiger partial charge in [-0.15, -0.1) is 0 Å². The minimum Gasteiger partial charge on any atom is -0.493 e. The Bertz CT molecular complexity index is 419. The Hall–Kier alpha value is -1.17. The molecule has 0 aromatic heterocycles. The van der Waals surface area contributed by atoms with Crippen LogP contribution >= 0.6 is 12.2 Å². The molecule has 104 valence electrons. The summed E-state index contributed by atoms with van der Waals surface area (Å²) in [5.74, 6) is 0.787. The van der Waals surface area contributed by atoms with E-state index in [1.165, 1.54) is 0 Å². The zero-order valence-corrected chi connectivity index (χ0v) is 11.7. The largest absolute Gasteiger partial charge is 0.493 e. The van der Waals surface area contributed by atoms with E-state index >= 15 is 0 Å². The molecule has 0 radical (unpaired) electrons.